The predicted molar refractivity (Wildman–Crippen MR) is 78.3 cm³/mol. The molecular weight excluding hydrogens is 288 g/mol. The van der Waals surface area contributed by atoms with Crippen molar-refractivity contribution >= 4 is 5.91 Å². The summed E-state index contributed by atoms with van der Waals surface area (Å²) in [6.45, 7) is 0.799. The first-order valence-electron chi connectivity index (χ1n) is 7.98. The van der Waals surface area contributed by atoms with Gasteiger partial charge in [-0.3, -0.25) is 4.79 Å². The van der Waals surface area contributed by atoms with E-state index in [2.05, 4.69) is 0 Å². The number of carbonyl (C=O) groups is 1. The van der Waals surface area contributed by atoms with Crippen LogP contribution in [0.25, 0.3) is 0 Å². The molecule has 1 aromatic rings. The molecule has 0 aromatic heterocycles. The van der Waals surface area contributed by atoms with Crippen LogP contribution in [-0.4, -0.2) is 35.1 Å². The van der Waals surface area contributed by atoms with E-state index in [1.54, 1.807) is 0 Å². The van der Waals surface area contributed by atoms with Gasteiger partial charge in [0.1, 0.15) is 11.6 Å². The van der Waals surface area contributed by atoms with Crippen LogP contribution in [0.1, 0.15) is 43.6 Å². The van der Waals surface area contributed by atoms with Crippen molar-refractivity contribution in [1.82, 2.24) is 4.90 Å². The number of carbonyl (C=O) groups excluding carboxylic acids is 1. The molecule has 5 heteroatoms. The van der Waals surface area contributed by atoms with Gasteiger partial charge in [-0.1, -0.05) is 6.07 Å². The van der Waals surface area contributed by atoms with Crippen LogP contribution < -0.4 is 0 Å². The largest absolute Gasteiger partial charge is 0.396 e. The van der Waals surface area contributed by atoms with Gasteiger partial charge in [0.05, 0.1) is 0 Å². The third-order valence-corrected chi connectivity index (χ3v) is 4.84. The zero-order valence-electron chi connectivity index (χ0n) is 12.5. The molecule has 1 aliphatic heterocycles. The highest BCUT2D eigenvalue weighted by molar-refractivity contribution is 5.83. The number of piperidine rings is 1. The Balaban J connectivity index is 1.69. The van der Waals surface area contributed by atoms with Gasteiger partial charge < -0.3 is 10.0 Å². The van der Waals surface area contributed by atoms with Crippen LogP contribution in [0.3, 0.4) is 0 Å². The number of hydrogen-bond acceptors (Lipinski definition) is 2. The molecule has 1 N–H and O–H groups in total. The first-order valence-corrected chi connectivity index (χ1v) is 7.98. The van der Waals surface area contributed by atoms with E-state index in [4.69, 9.17) is 5.11 Å². The highest BCUT2D eigenvalue weighted by Crippen LogP contribution is 2.49. The number of nitrogens with zero attached hydrogens (tertiary/aromatic N) is 1. The Labute approximate surface area is 128 Å². The van der Waals surface area contributed by atoms with Crippen molar-refractivity contribution in [2.75, 3.05) is 13.2 Å². The summed E-state index contributed by atoms with van der Waals surface area (Å²) in [5, 5.41) is 9.14. The zero-order chi connectivity index (χ0) is 15.7. The summed E-state index contributed by atoms with van der Waals surface area (Å²) in [5.41, 5.74) is 0.440. The van der Waals surface area contributed by atoms with Crippen molar-refractivity contribution in [1.29, 1.82) is 0 Å². The minimum atomic E-state index is -0.594. The van der Waals surface area contributed by atoms with Crippen LogP contribution in [0.15, 0.2) is 18.2 Å². The maximum atomic E-state index is 13.8. The van der Waals surface area contributed by atoms with Gasteiger partial charge in [0.2, 0.25) is 5.91 Å². The number of halogens is 2. The van der Waals surface area contributed by atoms with Crippen molar-refractivity contribution in [3.63, 3.8) is 0 Å². The highest BCUT2D eigenvalue weighted by atomic mass is 19.1. The van der Waals surface area contributed by atoms with Crippen LogP contribution in [0.2, 0.25) is 0 Å². The number of likely N-dealkylation sites (tertiary alicyclic amines) is 1. The molecule has 0 bridgehead atoms. The molecule has 3 rings (SSSR count). The SMILES string of the molecule is O=C(C1CC1c1ccc(F)cc1F)N1CCCCC1CCO. The van der Waals surface area contributed by atoms with Crippen molar-refractivity contribution in [3.05, 3.63) is 35.4 Å². The monoisotopic (exact) mass is 309 g/mol. The number of aliphatic hydroxyl groups is 1. The van der Waals surface area contributed by atoms with Crippen molar-refractivity contribution < 1.29 is 18.7 Å². The summed E-state index contributed by atoms with van der Waals surface area (Å²) in [7, 11) is 0. The van der Waals surface area contributed by atoms with Gasteiger partial charge in [0.25, 0.3) is 0 Å². The molecule has 3 atom stereocenters. The molecule has 2 aliphatic rings. The normalized spacial score (nSPS) is 27.8. The average molecular weight is 309 g/mol. The summed E-state index contributed by atoms with van der Waals surface area (Å²) in [5.74, 6) is -1.43. The summed E-state index contributed by atoms with van der Waals surface area (Å²) in [4.78, 5) is 14.5. The van der Waals surface area contributed by atoms with Crippen LogP contribution in [-0.2, 0) is 4.79 Å². The lowest BCUT2D eigenvalue weighted by Crippen LogP contribution is -2.45. The summed E-state index contributed by atoms with van der Waals surface area (Å²) >= 11 is 0. The van der Waals surface area contributed by atoms with Gasteiger partial charge in [-0.15, -0.1) is 0 Å². The first-order chi connectivity index (χ1) is 10.6. The third kappa shape index (κ3) is 3.00. The Morgan fingerprint density at radius 1 is 1.32 bits per heavy atom. The zero-order valence-corrected chi connectivity index (χ0v) is 12.5. The molecule has 2 fully saturated rings. The highest BCUT2D eigenvalue weighted by Gasteiger charge is 2.48. The standard InChI is InChI=1S/C17H21F2NO2/c18-11-4-5-13(16(19)9-11)14-10-15(14)17(22)20-7-2-1-3-12(20)6-8-21/h4-5,9,12,14-15,21H,1-3,6-8,10H2. The molecule has 1 amide bonds. The fourth-order valence-electron chi connectivity index (χ4n) is 3.57. The van der Waals surface area contributed by atoms with Crippen molar-refractivity contribution in [2.45, 2.75) is 44.1 Å². The summed E-state index contributed by atoms with van der Waals surface area (Å²) in [6, 6.07) is 3.67. The Kier molecular flexibility index (Phi) is 4.43. The molecular formula is C17H21F2NO2. The van der Waals surface area contributed by atoms with E-state index in [1.807, 2.05) is 4.90 Å². The van der Waals surface area contributed by atoms with E-state index in [9.17, 15) is 13.6 Å². The molecule has 1 aliphatic carbocycles. The van der Waals surface area contributed by atoms with E-state index < -0.39 is 11.6 Å². The molecule has 1 aromatic carbocycles. The van der Waals surface area contributed by atoms with Crippen LogP contribution in [0.4, 0.5) is 8.78 Å². The van der Waals surface area contributed by atoms with Gasteiger partial charge in [0.15, 0.2) is 0 Å². The predicted octanol–water partition coefficient (Wildman–Crippen LogP) is 2.83. The minimum absolute atomic E-state index is 0.0619. The number of benzene rings is 1. The van der Waals surface area contributed by atoms with Gasteiger partial charge in [-0.25, -0.2) is 8.78 Å². The van der Waals surface area contributed by atoms with Crippen molar-refractivity contribution in [3.8, 4) is 0 Å². The fraction of sp³-hybridized carbons (Fsp3) is 0.588. The third-order valence-electron chi connectivity index (χ3n) is 4.84. The second kappa shape index (κ2) is 6.32. The van der Waals surface area contributed by atoms with Crippen LogP contribution >= 0.6 is 0 Å². The Hall–Kier alpha value is -1.49. The number of aliphatic hydroxyl groups excluding tert-OH is 1. The molecule has 22 heavy (non-hydrogen) atoms. The second-order valence-electron chi connectivity index (χ2n) is 6.31. The van der Waals surface area contributed by atoms with Crippen molar-refractivity contribution in [2.24, 2.45) is 5.92 Å². The lowest BCUT2D eigenvalue weighted by atomic mass is 9.98. The maximum absolute atomic E-state index is 13.8. The molecule has 0 radical (unpaired) electrons. The lowest BCUT2D eigenvalue weighted by molar-refractivity contribution is -0.136. The van der Waals surface area contributed by atoms with E-state index in [1.165, 1.54) is 12.1 Å². The molecule has 1 saturated carbocycles. The fourth-order valence-corrected chi connectivity index (χ4v) is 3.57. The van der Waals surface area contributed by atoms with Gasteiger partial charge in [0, 0.05) is 31.2 Å². The van der Waals surface area contributed by atoms with Gasteiger partial charge in [-0.05, 0) is 49.7 Å². The topological polar surface area (TPSA) is 40.5 Å². The molecule has 120 valence electrons. The lowest BCUT2D eigenvalue weighted by Gasteiger charge is -2.36. The number of rotatable bonds is 4. The van der Waals surface area contributed by atoms with E-state index >= 15 is 0 Å². The van der Waals surface area contributed by atoms with Crippen LogP contribution in [0, 0.1) is 17.6 Å². The molecule has 1 heterocycles. The molecule has 3 unspecified atom stereocenters. The number of amides is 1. The Bertz CT molecular complexity index is 562. The Morgan fingerprint density at radius 2 is 2.14 bits per heavy atom. The van der Waals surface area contributed by atoms with E-state index in [0.717, 1.165) is 31.9 Å². The number of hydrogen-bond donors (Lipinski definition) is 1. The second-order valence-corrected chi connectivity index (χ2v) is 6.31. The smallest absolute Gasteiger partial charge is 0.226 e. The van der Waals surface area contributed by atoms with Gasteiger partial charge in [-0.2, -0.15) is 0 Å². The molecule has 1 saturated heterocycles. The van der Waals surface area contributed by atoms with Gasteiger partial charge >= 0.3 is 0 Å². The Morgan fingerprint density at radius 3 is 2.86 bits per heavy atom. The minimum Gasteiger partial charge on any atom is -0.396 e. The van der Waals surface area contributed by atoms with E-state index in [-0.39, 0.29) is 30.4 Å². The summed E-state index contributed by atoms with van der Waals surface area (Å²) in [6.07, 6.45) is 4.22. The first kappa shape index (κ1) is 15.4. The molecule has 0 spiro atoms. The summed E-state index contributed by atoms with van der Waals surface area (Å²) < 4.78 is 26.8. The van der Waals surface area contributed by atoms with Crippen LogP contribution in [0.5, 0.6) is 0 Å². The average Bonchev–Trinajstić information content (AvgIpc) is 3.28. The molecule has 3 nitrogen and oxygen atoms in total. The maximum Gasteiger partial charge on any atom is 0.226 e. The van der Waals surface area contributed by atoms with E-state index in [0.29, 0.717) is 18.4 Å². The quantitative estimate of drug-likeness (QED) is 0.929.